The molecule has 2 nitrogen and oxygen atoms in total. The molecule has 1 N–H and O–H groups in total. The highest BCUT2D eigenvalue weighted by Crippen LogP contribution is 2.24. The van der Waals surface area contributed by atoms with Crippen molar-refractivity contribution in [2.24, 2.45) is 0 Å². The molecule has 17 heavy (non-hydrogen) atoms. The largest absolute Gasteiger partial charge is 0.365 e. The number of nitrogens with one attached hydrogen (secondary N) is 1. The Bertz CT molecular complexity index is 503. The number of hydrogen-bond acceptors (Lipinski definition) is 2. The zero-order chi connectivity index (χ0) is 12.3. The van der Waals surface area contributed by atoms with E-state index in [1.54, 1.807) is 0 Å². The van der Waals surface area contributed by atoms with Crippen molar-refractivity contribution in [2.75, 3.05) is 11.2 Å². The summed E-state index contributed by atoms with van der Waals surface area (Å²) in [6.45, 7) is 4.28. The highest BCUT2D eigenvalue weighted by molar-refractivity contribution is 6.17. The Morgan fingerprint density at radius 1 is 1.24 bits per heavy atom. The van der Waals surface area contributed by atoms with E-state index in [-0.39, 0.29) is 5.54 Å². The van der Waals surface area contributed by atoms with Crippen LogP contribution >= 0.6 is 11.6 Å². The number of benzene rings is 1. The van der Waals surface area contributed by atoms with Gasteiger partial charge in [-0.1, -0.05) is 24.3 Å². The van der Waals surface area contributed by atoms with Crippen molar-refractivity contribution < 1.29 is 0 Å². The topological polar surface area (TPSA) is 24.9 Å². The van der Waals surface area contributed by atoms with Crippen LogP contribution in [0.25, 0.3) is 10.8 Å². The molecule has 2 aromatic rings. The second-order valence-electron chi connectivity index (χ2n) is 4.83. The van der Waals surface area contributed by atoms with E-state index >= 15 is 0 Å². The molecule has 0 unspecified atom stereocenters. The van der Waals surface area contributed by atoms with Crippen LogP contribution in [0.15, 0.2) is 36.5 Å². The molecule has 90 valence electrons. The molecule has 0 aliphatic carbocycles. The van der Waals surface area contributed by atoms with E-state index in [1.807, 2.05) is 24.4 Å². The van der Waals surface area contributed by atoms with E-state index in [4.69, 9.17) is 11.6 Å². The number of pyridine rings is 1. The average Bonchev–Trinajstić information content (AvgIpc) is 2.29. The Kier molecular flexibility index (Phi) is 3.53. The SMILES string of the molecule is CC(C)(CCCl)Nc1nccc2ccccc12. The van der Waals surface area contributed by atoms with E-state index in [0.717, 1.165) is 17.6 Å². The number of rotatable bonds is 4. The fraction of sp³-hybridized carbons (Fsp3) is 0.357. The molecule has 0 bridgehead atoms. The lowest BCUT2D eigenvalue weighted by Gasteiger charge is -2.26. The number of nitrogens with zero attached hydrogens (tertiary/aromatic N) is 1. The number of hydrogen-bond donors (Lipinski definition) is 1. The maximum atomic E-state index is 5.81. The van der Waals surface area contributed by atoms with E-state index < -0.39 is 0 Å². The molecule has 1 heterocycles. The summed E-state index contributed by atoms with van der Waals surface area (Å²) in [5.74, 6) is 1.57. The van der Waals surface area contributed by atoms with Crippen LogP contribution in [0, 0.1) is 0 Å². The van der Waals surface area contributed by atoms with Gasteiger partial charge in [0, 0.05) is 23.0 Å². The van der Waals surface area contributed by atoms with Crippen molar-refractivity contribution in [1.29, 1.82) is 0 Å². The van der Waals surface area contributed by atoms with Crippen LogP contribution in [0.4, 0.5) is 5.82 Å². The summed E-state index contributed by atoms with van der Waals surface area (Å²) in [5.41, 5.74) is -0.0428. The van der Waals surface area contributed by atoms with Crippen molar-refractivity contribution in [3.8, 4) is 0 Å². The third kappa shape index (κ3) is 2.89. The first-order valence-corrected chi connectivity index (χ1v) is 6.34. The molecule has 0 amide bonds. The number of fused-ring (bicyclic) bond motifs is 1. The first-order chi connectivity index (χ1) is 8.12. The molecular formula is C14H17ClN2. The van der Waals surface area contributed by atoms with Gasteiger partial charge in [-0.25, -0.2) is 4.98 Å². The lowest BCUT2D eigenvalue weighted by Crippen LogP contribution is -2.31. The van der Waals surface area contributed by atoms with Crippen LogP contribution in [0.2, 0.25) is 0 Å². The van der Waals surface area contributed by atoms with Gasteiger partial charge in [-0.2, -0.15) is 0 Å². The van der Waals surface area contributed by atoms with Crippen LogP contribution in [-0.2, 0) is 0 Å². The molecule has 0 spiro atoms. The van der Waals surface area contributed by atoms with Crippen LogP contribution < -0.4 is 5.32 Å². The Hall–Kier alpha value is -1.28. The molecule has 2 rings (SSSR count). The molecule has 0 atom stereocenters. The predicted octanol–water partition coefficient (Wildman–Crippen LogP) is 4.05. The summed E-state index contributed by atoms with van der Waals surface area (Å²) in [6.07, 6.45) is 2.74. The summed E-state index contributed by atoms with van der Waals surface area (Å²) in [5, 5.41) is 5.82. The lowest BCUT2D eigenvalue weighted by molar-refractivity contribution is 0.549. The monoisotopic (exact) mass is 248 g/mol. The normalized spacial score (nSPS) is 11.7. The van der Waals surface area contributed by atoms with Gasteiger partial charge in [-0.05, 0) is 31.7 Å². The molecule has 0 saturated carbocycles. The third-order valence-electron chi connectivity index (χ3n) is 2.85. The molecule has 0 saturated heterocycles. The van der Waals surface area contributed by atoms with E-state index in [2.05, 4.69) is 36.3 Å². The number of alkyl halides is 1. The van der Waals surface area contributed by atoms with Crippen LogP contribution in [-0.4, -0.2) is 16.4 Å². The lowest BCUT2D eigenvalue weighted by atomic mass is 10.0. The van der Waals surface area contributed by atoms with Crippen molar-refractivity contribution in [3.05, 3.63) is 36.5 Å². The predicted molar refractivity (Wildman–Crippen MR) is 74.8 cm³/mol. The van der Waals surface area contributed by atoms with E-state index in [1.165, 1.54) is 5.39 Å². The average molecular weight is 249 g/mol. The first kappa shape index (κ1) is 12.2. The zero-order valence-electron chi connectivity index (χ0n) is 10.2. The third-order valence-corrected chi connectivity index (χ3v) is 3.04. The highest BCUT2D eigenvalue weighted by atomic mass is 35.5. The second-order valence-corrected chi connectivity index (χ2v) is 5.21. The summed E-state index contributed by atoms with van der Waals surface area (Å²) < 4.78 is 0. The fourth-order valence-corrected chi connectivity index (χ4v) is 2.31. The van der Waals surface area contributed by atoms with Gasteiger partial charge in [0.05, 0.1) is 0 Å². The maximum Gasteiger partial charge on any atom is 0.134 e. The number of aromatic nitrogens is 1. The molecule has 0 radical (unpaired) electrons. The van der Waals surface area contributed by atoms with Gasteiger partial charge in [0.1, 0.15) is 5.82 Å². The molecule has 0 fully saturated rings. The Balaban J connectivity index is 2.36. The summed E-state index contributed by atoms with van der Waals surface area (Å²) in [6, 6.07) is 10.3. The second kappa shape index (κ2) is 4.92. The minimum atomic E-state index is -0.0428. The van der Waals surface area contributed by atoms with Gasteiger partial charge in [0.15, 0.2) is 0 Å². The van der Waals surface area contributed by atoms with Crippen LogP contribution in [0.1, 0.15) is 20.3 Å². The van der Waals surface area contributed by atoms with E-state index in [9.17, 15) is 0 Å². The number of halogens is 1. The Morgan fingerprint density at radius 2 is 2.00 bits per heavy atom. The molecule has 1 aromatic carbocycles. The van der Waals surface area contributed by atoms with Crippen LogP contribution in [0.3, 0.4) is 0 Å². The van der Waals surface area contributed by atoms with E-state index in [0.29, 0.717) is 5.88 Å². The summed E-state index contributed by atoms with van der Waals surface area (Å²) >= 11 is 5.81. The minimum absolute atomic E-state index is 0.0428. The standard InChI is InChI=1S/C14H17ClN2/c1-14(2,8-9-15)17-13-12-6-4-3-5-11(12)7-10-16-13/h3-7,10H,8-9H2,1-2H3,(H,16,17). The fourth-order valence-electron chi connectivity index (χ4n) is 1.84. The first-order valence-electron chi connectivity index (χ1n) is 5.80. The highest BCUT2D eigenvalue weighted by Gasteiger charge is 2.17. The smallest absolute Gasteiger partial charge is 0.134 e. The summed E-state index contributed by atoms with van der Waals surface area (Å²) in [7, 11) is 0. The van der Waals surface area contributed by atoms with Gasteiger partial charge in [0.25, 0.3) is 0 Å². The Morgan fingerprint density at radius 3 is 2.76 bits per heavy atom. The number of anilines is 1. The molecule has 1 aromatic heterocycles. The minimum Gasteiger partial charge on any atom is -0.365 e. The van der Waals surface area contributed by atoms with Crippen molar-refractivity contribution in [2.45, 2.75) is 25.8 Å². The van der Waals surface area contributed by atoms with Gasteiger partial charge >= 0.3 is 0 Å². The zero-order valence-corrected chi connectivity index (χ0v) is 11.0. The van der Waals surface area contributed by atoms with Gasteiger partial charge in [-0.15, -0.1) is 11.6 Å². The summed E-state index contributed by atoms with van der Waals surface area (Å²) in [4.78, 5) is 4.42. The molecular weight excluding hydrogens is 232 g/mol. The van der Waals surface area contributed by atoms with Crippen LogP contribution in [0.5, 0.6) is 0 Å². The molecule has 3 heteroatoms. The van der Waals surface area contributed by atoms with Crippen molar-refractivity contribution in [3.63, 3.8) is 0 Å². The quantitative estimate of drug-likeness (QED) is 0.826. The maximum absolute atomic E-state index is 5.81. The van der Waals surface area contributed by atoms with Crippen molar-refractivity contribution in [1.82, 2.24) is 4.98 Å². The molecule has 0 aliphatic rings. The molecule has 0 aliphatic heterocycles. The van der Waals surface area contributed by atoms with Gasteiger partial charge in [0.2, 0.25) is 0 Å². The van der Waals surface area contributed by atoms with Gasteiger partial charge < -0.3 is 5.32 Å². The Labute approximate surface area is 107 Å². The van der Waals surface area contributed by atoms with Crippen molar-refractivity contribution >= 4 is 28.2 Å². The van der Waals surface area contributed by atoms with Gasteiger partial charge in [-0.3, -0.25) is 0 Å².